The summed E-state index contributed by atoms with van der Waals surface area (Å²) in [5.41, 5.74) is 6.98. The van der Waals surface area contributed by atoms with Crippen LogP contribution >= 0.6 is 15.9 Å². The van der Waals surface area contributed by atoms with E-state index >= 15 is 0 Å². The number of benzene rings is 1. The molecule has 2 atom stereocenters. The maximum atomic E-state index is 5.92. The van der Waals surface area contributed by atoms with Crippen LogP contribution in [0.15, 0.2) is 16.6 Å². The zero-order valence-corrected chi connectivity index (χ0v) is 12.3. The molecule has 2 unspecified atom stereocenters. The molecule has 19 heavy (non-hydrogen) atoms. The van der Waals surface area contributed by atoms with Crippen molar-refractivity contribution in [1.82, 2.24) is 0 Å². The lowest BCUT2D eigenvalue weighted by atomic mass is 9.89. The quantitative estimate of drug-likeness (QED) is 0.907. The number of hydrogen-bond acceptors (Lipinski definition) is 4. The SMILES string of the molecule is NCC1CCCOC1c1cc(Br)c2c(c1)OCCO2. The van der Waals surface area contributed by atoms with Crippen molar-refractivity contribution in [1.29, 1.82) is 0 Å². The lowest BCUT2D eigenvalue weighted by Crippen LogP contribution is -2.28. The van der Waals surface area contributed by atoms with Crippen molar-refractivity contribution >= 4 is 15.9 Å². The molecule has 1 aromatic carbocycles. The van der Waals surface area contributed by atoms with Crippen LogP contribution in [-0.2, 0) is 4.74 Å². The monoisotopic (exact) mass is 327 g/mol. The Balaban J connectivity index is 1.93. The number of hydrogen-bond donors (Lipinski definition) is 1. The summed E-state index contributed by atoms with van der Waals surface area (Å²) in [4.78, 5) is 0. The number of rotatable bonds is 2. The van der Waals surface area contributed by atoms with E-state index in [1.165, 1.54) is 0 Å². The van der Waals surface area contributed by atoms with Crippen molar-refractivity contribution in [2.24, 2.45) is 11.7 Å². The standard InChI is InChI=1S/C14H18BrNO3/c15-11-6-10(7-12-14(11)19-5-4-17-12)13-9(8-16)2-1-3-18-13/h6-7,9,13H,1-5,8,16H2. The summed E-state index contributed by atoms with van der Waals surface area (Å²) < 4.78 is 18.1. The zero-order valence-electron chi connectivity index (χ0n) is 10.7. The van der Waals surface area contributed by atoms with Crippen molar-refractivity contribution in [3.63, 3.8) is 0 Å². The maximum Gasteiger partial charge on any atom is 0.175 e. The second kappa shape index (κ2) is 5.69. The Morgan fingerprint density at radius 3 is 2.89 bits per heavy atom. The zero-order chi connectivity index (χ0) is 13.2. The summed E-state index contributed by atoms with van der Waals surface area (Å²) in [6.07, 6.45) is 2.27. The Bertz CT molecular complexity index is 466. The molecule has 1 aromatic rings. The van der Waals surface area contributed by atoms with E-state index in [1.54, 1.807) is 0 Å². The Morgan fingerprint density at radius 1 is 1.21 bits per heavy atom. The first-order chi connectivity index (χ1) is 9.29. The molecular formula is C14H18BrNO3. The highest BCUT2D eigenvalue weighted by molar-refractivity contribution is 9.10. The summed E-state index contributed by atoms with van der Waals surface area (Å²) in [5.74, 6) is 1.96. The van der Waals surface area contributed by atoms with E-state index in [0.717, 1.165) is 41.0 Å². The van der Waals surface area contributed by atoms with E-state index in [1.807, 2.05) is 6.07 Å². The lowest BCUT2D eigenvalue weighted by molar-refractivity contribution is -0.0254. The first kappa shape index (κ1) is 13.2. The fourth-order valence-electron chi connectivity index (χ4n) is 2.75. The molecule has 0 radical (unpaired) electrons. The van der Waals surface area contributed by atoms with Gasteiger partial charge in [-0.1, -0.05) is 0 Å². The molecule has 0 aliphatic carbocycles. The fourth-order valence-corrected chi connectivity index (χ4v) is 3.32. The number of nitrogens with two attached hydrogens (primary N) is 1. The van der Waals surface area contributed by atoms with Crippen molar-refractivity contribution in [3.8, 4) is 11.5 Å². The molecule has 2 aliphatic rings. The van der Waals surface area contributed by atoms with E-state index in [-0.39, 0.29) is 6.10 Å². The summed E-state index contributed by atoms with van der Waals surface area (Å²) in [7, 11) is 0. The van der Waals surface area contributed by atoms with Crippen LogP contribution in [0.2, 0.25) is 0 Å². The third kappa shape index (κ3) is 2.59. The largest absolute Gasteiger partial charge is 0.486 e. The summed E-state index contributed by atoms with van der Waals surface area (Å²) in [5, 5.41) is 0. The topological polar surface area (TPSA) is 53.7 Å². The molecule has 4 nitrogen and oxygen atoms in total. The third-order valence-corrected chi connectivity index (χ3v) is 4.28. The molecule has 2 aliphatic heterocycles. The smallest absolute Gasteiger partial charge is 0.175 e. The van der Waals surface area contributed by atoms with Crippen LogP contribution in [0.4, 0.5) is 0 Å². The van der Waals surface area contributed by atoms with Crippen LogP contribution in [0.1, 0.15) is 24.5 Å². The van der Waals surface area contributed by atoms with E-state index in [4.69, 9.17) is 19.9 Å². The van der Waals surface area contributed by atoms with Crippen LogP contribution < -0.4 is 15.2 Å². The molecule has 0 saturated carbocycles. The molecule has 0 amide bonds. The molecule has 0 bridgehead atoms. The van der Waals surface area contributed by atoms with Crippen molar-refractivity contribution in [2.75, 3.05) is 26.4 Å². The minimum absolute atomic E-state index is 0.0610. The Hall–Kier alpha value is -0.780. The Morgan fingerprint density at radius 2 is 2.05 bits per heavy atom. The van der Waals surface area contributed by atoms with Gasteiger partial charge in [0.2, 0.25) is 0 Å². The first-order valence-corrected chi connectivity index (χ1v) is 7.49. The van der Waals surface area contributed by atoms with E-state index in [2.05, 4.69) is 22.0 Å². The summed E-state index contributed by atoms with van der Waals surface area (Å²) >= 11 is 3.55. The highest BCUT2D eigenvalue weighted by Crippen LogP contribution is 2.43. The van der Waals surface area contributed by atoms with Gasteiger partial charge in [0.25, 0.3) is 0 Å². The number of fused-ring (bicyclic) bond motifs is 1. The van der Waals surface area contributed by atoms with Crippen LogP contribution in [0.25, 0.3) is 0 Å². The number of halogens is 1. The van der Waals surface area contributed by atoms with E-state index < -0.39 is 0 Å². The van der Waals surface area contributed by atoms with Crippen molar-refractivity contribution < 1.29 is 14.2 Å². The maximum absolute atomic E-state index is 5.92. The second-order valence-electron chi connectivity index (χ2n) is 4.96. The van der Waals surface area contributed by atoms with E-state index in [9.17, 15) is 0 Å². The average molecular weight is 328 g/mol. The van der Waals surface area contributed by atoms with Crippen LogP contribution in [0.3, 0.4) is 0 Å². The van der Waals surface area contributed by atoms with Crippen molar-refractivity contribution in [3.05, 3.63) is 22.2 Å². The van der Waals surface area contributed by atoms with Gasteiger partial charge in [-0.2, -0.15) is 0 Å². The van der Waals surface area contributed by atoms with Gasteiger partial charge in [-0.15, -0.1) is 0 Å². The molecule has 1 fully saturated rings. The van der Waals surface area contributed by atoms with Crippen molar-refractivity contribution in [2.45, 2.75) is 18.9 Å². The molecule has 2 N–H and O–H groups in total. The lowest BCUT2D eigenvalue weighted by Gasteiger charge is -2.32. The fraction of sp³-hybridized carbons (Fsp3) is 0.571. The van der Waals surface area contributed by atoms with Gasteiger partial charge in [-0.25, -0.2) is 0 Å². The van der Waals surface area contributed by atoms with Crippen LogP contribution in [0, 0.1) is 5.92 Å². The molecular weight excluding hydrogens is 310 g/mol. The second-order valence-corrected chi connectivity index (χ2v) is 5.81. The van der Waals surface area contributed by atoms with Gasteiger partial charge < -0.3 is 19.9 Å². The van der Waals surface area contributed by atoms with Crippen LogP contribution in [0.5, 0.6) is 11.5 Å². The molecule has 0 aromatic heterocycles. The highest BCUT2D eigenvalue weighted by atomic mass is 79.9. The predicted molar refractivity (Wildman–Crippen MR) is 75.6 cm³/mol. The minimum atomic E-state index is 0.0610. The van der Waals surface area contributed by atoms with Gasteiger partial charge in [0.05, 0.1) is 10.6 Å². The summed E-state index contributed by atoms with van der Waals surface area (Å²) in [6, 6.07) is 4.09. The molecule has 2 heterocycles. The normalized spacial score (nSPS) is 26.2. The van der Waals surface area contributed by atoms with Gasteiger partial charge in [0, 0.05) is 12.5 Å². The highest BCUT2D eigenvalue weighted by Gasteiger charge is 2.28. The number of ether oxygens (including phenoxy) is 3. The van der Waals surface area contributed by atoms with Gasteiger partial charge in [0.15, 0.2) is 11.5 Å². The van der Waals surface area contributed by atoms with E-state index in [0.29, 0.717) is 25.7 Å². The van der Waals surface area contributed by atoms with Gasteiger partial charge in [0.1, 0.15) is 13.2 Å². The Kier molecular flexibility index (Phi) is 3.96. The molecule has 5 heteroatoms. The molecule has 1 saturated heterocycles. The molecule has 0 spiro atoms. The third-order valence-electron chi connectivity index (χ3n) is 3.70. The predicted octanol–water partition coefficient (Wildman–Crippen LogP) is 2.65. The van der Waals surface area contributed by atoms with Crippen LogP contribution in [-0.4, -0.2) is 26.4 Å². The van der Waals surface area contributed by atoms with Gasteiger partial charge >= 0.3 is 0 Å². The summed E-state index contributed by atoms with van der Waals surface area (Å²) in [6.45, 7) is 2.63. The molecule has 3 rings (SSSR count). The average Bonchev–Trinajstić information content (AvgIpc) is 2.47. The Labute approximate surface area is 121 Å². The first-order valence-electron chi connectivity index (χ1n) is 6.70. The van der Waals surface area contributed by atoms with Gasteiger partial charge in [-0.3, -0.25) is 0 Å². The minimum Gasteiger partial charge on any atom is -0.486 e. The van der Waals surface area contributed by atoms with Gasteiger partial charge in [-0.05, 0) is 53.0 Å². The molecule has 104 valence electrons.